The molecule has 0 spiro atoms. The lowest BCUT2D eigenvalue weighted by molar-refractivity contribution is 0.0355. The quantitative estimate of drug-likeness (QED) is 0.754. The maximum absolute atomic E-state index is 13.0. The second-order valence-electron chi connectivity index (χ2n) is 6.58. The number of benzene rings is 1. The SMILES string of the molecule is N#Cc1ccc(C(=O)N(CCCN2CCOCC2)Cc2ccncc2)cc1. The molecule has 1 aromatic carbocycles. The third-order valence-corrected chi connectivity index (χ3v) is 4.68. The molecule has 6 heteroatoms. The van der Waals surface area contributed by atoms with Crippen molar-refractivity contribution < 1.29 is 9.53 Å². The van der Waals surface area contributed by atoms with Crippen LogP contribution in [-0.2, 0) is 11.3 Å². The molecular formula is C21H24N4O2. The van der Waals surface area contributed by atoms with Gasteiger partial charge in [-0.3, -0.25) is 14.7 Å². The van der Waals surface area contributed by atoms with E-state index in [0.29, 0.717) is 24.2 Å². The Morgan fingerprint density at radius 1 is 1.15 bits per heavy atom. The van der Waals surface area contributed by atoms with Crippen LogP contribution in [0.1, 0.15) is 27.9 Å². The van der Waals surface area contributed by atoms with Crippen LogP contribution in [0.15, 0.2) is 48.8 Å². The summed E-state index contributed by atoms with van der Waals surface area (Å²) in [4.78, 5) is 21.3. The maximum Gasteiger partial charge on any atom is 0.254 e. The largest absolute Gasteiger partial charge is 0.379 e. The average molecular weight is 364 g/mol. The van der Waals surface area contributed by atoms with Gasteiger partial charge in [0.2, 0.25) is 0 Å². The first-order chi connectivity index (χ1) is 13.3. The highest BCUT2D eigenvalue weighted by Crippen LogP contribution is 2.12. The molecule has 27 heavy (non-hydrogen) atoms. The maximum atomic E-state index is 13.0. The van der Waals surface area contributed by atoms with E-state index in [0.717, 1.165) is 44.8 Å². The van der Waals surface area contributed by atoms with E-state index in [-0.39, 0.29) is 5.91 Å². The van der Waals surface area contributed by atoms with Gasteiger partial charge in [0, 0.05) is 50.7 Å². The number of carbonyl (C=O) groups is 1. The minimum Gasteiger partial charge on any atom is -0.379 e. The molecule has 6 nitrogen and oxygen atoms in total. The molecule has 0 bridgehead atoms. The van der Waals surface area contributed by atoms with Crippen molar-refractivity contribution in [1.82, 2.24) is 14.8 Å². The predicted molar refractivity (Wildman–Crippen MR) is 102 cm³/mol. The van der Waals surface area contributed by atoms with E-state index in [1.807, 2.05) is 17.0 Å². The summed E-state index contributed by atoms with van der Waals surface area (Å²) >= 11 is 0. The minimum atomic E-state index is -0.0155. The topological polar surface area (TPSA) is 69.5 Å². The van der Waals surface area contributed by atoms with Gasteiger partial charge in [-0.25, -0.2) is 0 Å². The molecule has 0 radical (unpaired) electrons. The third-order valence-electron chi connectivity index (χ3n) is 4.68. The number of pyridine rings is 1. The summed E-state index contributed by atoms with van der Waals surface area (Å²) < 4.78 is 5.39. The van der Waals surface area contributed by atoms with Crippen LogP contribution in [0.2, 0.25) is 0 Å². The van der Waals surface area contributed by atoms with Crippen LogP contribution >= 0.6 is 0 Å². The molecular weight excluding hydrogens is 340 g/mol. The van der Waals surface area contributed by atoms with E-state index in [1.165, 1.54) is 0 Å². The number of amides is 1. The Hall–Kier alpha value is -2.75. The second kappa shape index (κ2) is 9.81. The Labute approximate surface area is 160 Å². The monoisotopic (exact) mass is 364 g/mol. The van der Waals surface area contributed by atoms with Gasteiger partial charge in [0.1, 0.15) is 0 Å². The van der Waals surface area contributed by atoms with E-state index in [9.17, 15) is 4.79 Å². The number of rotatable bonds is 7. The molecule has 1 aliphatic heterocycles. The van der Waals surface area contributed by atoms with Crippen molar-refractivity contribution in [3.8, 4) is 6.07 Å². The van der Waals surface area contributed by atoms with E-state index < -0.39 is 0 Å². The van der Waals surface area contributed by atoms with Gasteiger partial charge in [0.05, 0.1) is 24.8 Å². The highest BCUT2D eigenvalue weighted by atomic mass is 16.5. The minimum absolute atomic E-state index is 0.0155. The summed E-state index contributed by atoms with van der Waals surface area (Å²) in [5, 5.41) is 8.95. The first kappa shape index (κ1) is 19.0. The Morgan fingerprint density at radius 2 is 1.85 bits per heavy atom. The third kappa shape index (κ3) is 5.61. The zero-order chi connectivity index (χ0) is 18.9. The van der Waals surface area contributed by atoms with Gasteiger partial charge < -0.3 is 9.64 Å². The average Bonchev–Trinajstić information content (AvgIpc) is 2.74. The van der Waals surface area contributed by atoms with Gasteiger partial charge in [-0.1, -0.05) is 0 Å². The molecule has 2 aromatic rings. The van der Waals surface area contributed by atoms with Gasteiger partial charge in [-0.15, -0.1) is 0 Å². The van der Waals surface area contributed by atoms with Crippen molar-refractivity contribution in [2.45, 2.75) is 13.0 Å². The molecule has 1 aliphatic rings. The molecule has 0 aliphatic carbocycles. The van der Waals surface area contributed by atoms with Crippen LogP contribution in [0.3, 0.4) is 0 Å². The van der Waals surface area contributed by atoms with Gasteiger partial charge in [-0.2, -0.15) is 5.26 Å². The molecule has 1 amide bonds. The summed E-state index contributed by atoms with van der Waals surface area (Å²) in [6, 6.07) is 12.8. The molecule has 0 atom stereocenters. The summed E-state index contributed by atoms with van der Waals surface area (Å²) in [6.07, 6.45) is 4.40. The molecule has 2 heterocycles. The Kier molecular flexibility index (Phi) is 6.91. The number of aromatic nitrogens is 1. The number of carbonyl (C=O) groups excluding carboxylic acids is 1. The fraction of sp³-hybridized carbons (Fsp3) is 0.381. The van der Waals surface area contributed by atoms with Crippen LogP contribution in [0, 0.1) is 11.3 Å². The lowest BCUT2D eigenvalue weighted by Gasteiger charge is -2.28. The van der Waals surface area contributed by atoms with Crippen LogP contribution in [-0.4, -0.2) is 60.1 Å². The smallest absolute Gasteiger partial charge is 0.254 e. The molecule has 0 unspecified atom stereocenters. The molecule has 1 aromatic heterocycles. The normalized spacial score (nSPS) is 14.5. The van der Waals surface area contributed by atoms with E-state index in [4.69, 9.17) is 10.00 Å². The number of ether oxygens (including phenoxy) is 1. The van der Waals surface area contributed by atoms with Crippen molar-refractivity contribution in [2.75, 3.05) is 39.4 Å². The lowest BCUT2D eigenvalue weighted by Crippen LogP contribution is -2.39. The zero-order valence-corrected chi connectivity index (χ0v) is 15.4. The molecule has 3 rings (SSSR count). The van der Waals surface area contributed by atoms with Crippen molar-refractivity contribution in [3.63, 3.8) is 0 Å². The Balaban J connectivity index is 1.66. The Bertz CT molecular complexity index is 765. The van der Waals surface area contributed by atoms with Gasteiger partial charge in [0.15, 0.2) is 0 Å². The van der Waals surface area contributed by atoms with E-state index in [1.54, 1.807) is 36.7 Å². The van der Waals surface area contributed by atoms with Crippen LogP contribution in [0.25, 0.3) is 0 Å². The van der Waals surface area contributed by atoms with E-state index in [2.05, 4.69) is 16.0 Å². The number of nitrogens with zero attached hydrogens (tertiary/aromatic N) is 4. The van der Waals surface area contributed by atoms with Crippen LogP contribution in [0.5, 0.6) is 0 Å². The number of morpholine rings is 1. The first-order valence-corrected chi connectivity index (χ1v) is 9.25. The molecule has 0 saturated carbocycles. The summed E-state index contributed by atoms with van der Waals surface area (Å²) in [7, 11) is 0. The molecule has 1 saturated heterocycles. The fourth-order valence-corrected chi connectivity index (χ4v) is 3.14. The number of hydrogen-bond donors (Lipinski definition) is 0. The van der Waals surface area contributed by atoms with Crippen molar-refractivity contribution >= 4 is 5.91 Å². The van der Waals surface area contributed by atoms with Crippen molar-refractivity contribution in [3.05, 3.63) is 65.5 Å². The van der Waals surface area contributed by atoms with Crippen molar-refractivity contribution in [1.29, 1.82) is 5.26 Å². The molecule has 140 valence electrons. The van der Waals surface area contributed by atoms with Crippen molar-refractivity contribution in [2.24, 2.45) is 0 Å². The Morgan fingerprint density at radius 3 is 2.52 bits per heavy atom. The highest BCUT2D eigenvalue weighted by molar-refractivity contribution is 5.94. The highest BCUT2D eigenvalue weighted by Gasteiger charge is 2.17. The zero-order valence-electron chi connectivity index (χ0n) is 15.4. The van der Waals surface area contributed by atoms with Gasteiger partial charge >= 0.3 is 0 Å². The lowest BCUT2D eigenvalue weighted by atomic mass is 10.1. The number of nitriles is 1. The van der Waals surface area contributed by atoms with Crippen LogP contribution in [0.4, 0.5) is 0 Å². The predicted octanol–water partition coefficient (Wildman–Crippen LogP) is 2.32. The summed E-state index contributed by atoms with van der Waals surface area (Å²) in [5.74, 6) is -0.0155. The van der Waals surface area contributed by atoms with E-state index >= 15 is 0 Å². The first-order valence-electron chi connectivity index (χ1n) is 9.25. The van der Waals surface area contributed by atoms with Crippen LogP contribution < -0.4 is 0 Å². The summed E-state index contributed by atoms with van der Waals surface area (Å²) in [5.41, 5.74) is 2.22. The fourth-order valence-electron chi connectivity index (χ4n) is 3.14. The second-order valence-corrected chi connectivity index (χ2v) is 6.58. The van der Waals surface area contributed by atoms with Gasteiger partial charge in [0.25, 0.3) is 5.91 Å². The molecule has 1 fully saturated rings. The van der Waals surface area contributed by atoms with Gasteiger partial charge in [-0.05, 0) is 48.4 Å². The standard InChI is InChI=1S/C21H24N4O2/c22-16-18-2-4-20(5-3-18)21(26)25(17-19-6-8-23-9-7-19)11-1-10-24-12-14-27-15-13-24/h2-9H,1,10-15,17H2. The molecule has 0 N–H and O–H groups in total. The number of hydrogen-bond acceptors (Lipinski definition) is 5. The summed E-state index contributed by atoms with van der Waals surface area (Å²) in [6.45, 7) is 5.65.